The van der Waals surface area contributed by atoms with Crippen LogP contribution in [0.2, 0.25) is 5.02 Å². The molecule has 0 fully saturated rings. The number of nitrogens with zero attached hydrogens (tertiary/aromatic N) is 1. The van der Waals surface area contributed by atoms with E-state index in [9.17, 15) is 0 Å². The summed E-state index contributed by atoms with van der Waals surface area (Å²) in [5.41, 5.74) is 8.37. The second-order valence-electron chi connectivity index (χ2n) is 3.90. The second-order valence-corrected chi connectivity index (χ2v) is 4.33. The molecular formula is C12H14ClN3O. The van der Waals surface area contributed by atoms with E-state index in [1.54, 1.807) is 0 Å². The number of rotatable bonds is 3. The normalized spacial score (nSPS) is 12.7. The molecule has 0 saturated heterocycles. The SMILES string of the molecule is Cc1[nH]c(C(N)CO)nc1-c1cccc(Cl)c1. The summed E-state index contributed by atoms with van der Waals surface area (Å²) < 4.78 is 0. The van der Waals surface area contributed by atoms with E-state index in [1.165, 1.54) is 0 Å². The van der Waals surface area contributed by atoms with E-state index in [4.69, 9.17) is 22.4 Å². The lowest BCUT2D eigenvalue weighted by Crippen LogP contribution is -2.16. The van der Waals surface area contributed by atoms with E-state index in [-0.39, 0.29) is 6.61 Å². The van der Waals surface area contributed by atoms with Crippen molar-refractivity contribution in [3.8, 4) is 11.3 Å². The highest BCUT2D eigenvalue weighted by atomic mass is 35.5. The van der Waals surface area contributed by atoms with Gasteiger partial charge < -0.3 is 15.8 Å². The van der Waals surface area contributed by atoms with Gasteiger partial charge in [0.15, 0.2) is 0 Å². The Morgan fingerprint density at radius 3 is 2.94 bits per heavy atom. The van der Waals surface area contributed by atoms with Crippen LogP contribution in [0.3, 0.4) is 0 Å². The molecule has 1 aromatic heterocycles. The van der Waals surface area contributed by atoms with E-state index < -0.39 is 6.04 Å². The molecule has 1 heterocycles. The number of aromatic amines is 1. The third-order valence-electron chi connectivity index (χ3n) is 2.55. The molecule has 0 amide bonds. The number of hydrogen-bond acceptors (Lipinski definition) is 3. The zero-order valence-electron chi connectivity index (χ0n) is 9.44. The Hall–Kier alpha value is -1.36. The number of aryl methyl sites for hydroxylation is 1. The van der Waals surface area contributed by atoms with Crippen molar-refractivity contribution in [2.24, 2.45) is 5.73 Å². The molecule has 2 aromatic rings. The summed E-state index contributed by atoms with van der Waals surface area (Å²) in [6.45, 7) is 1.78. The van der Waals surface area contributed by atoms with E-state index in [1.807, 2.05) is 31.2 Å². The summed E-state index contributed by atoms with van der Waals surface area (Å²) in [6, 6.07) is 6.98. The number of aliphatic hydroxyl groups excluding tert-OH is 1. The van der Waals surface area contributed by atoms with Crippen molar-refractivity contribution >= 4 is 11.6 Å². The number of aromatic nitrogens is 2. The first-order chi connectivity index (χ1) is 8.11. The van der Waals surface area contributed by atoms with Gasteiger partial charge in [0.1, 0.15) is 5.82 Å². The van der Waals surface area contributed by atoms with Crippen LogP contribution in [0.15, 0.2) is 24.3 Å². The van der Waals surface area contributed by atoms with Crippen molar-refractivity contribution in [1.29, 1.82) is 0 Å². The maximum absolute atomic E-state index is 9.00. The van der Waals surface area contributed by atoms with Crippen molar-refractivity contribution in [3.05, 3.63) is 40.8 Å². The number of H-pyrrole nitrogens is 1. The molecule has 0 spiro atoms. The Morgan fingerprint density at radius 2 is 2.29 bits per heavy atom. The highest BCUT2D eigenvalue weighted by molar-refractivity contribution is 6.30. The Bertz CT molecular complexity index is 524. The quantitative estimate of drug-likeness (QED) is 0.781. The smallest absolute Gasteiger partial charge is 0.126 e. The average Bonchev–Trinajstić information content (AvgIpc) is 2.70. The predicted molar refractivity (Wildman–Crippen MR) is 67.8 cm³/mol. The molecule has 17 heavy (non-hydrogen) atoms. The molecule has 0 aliphatic carbocycles. The minimum Gasteiger partial charge on any atom is -0.394 e. The van der Waals surface area contributed by atoms with E-state index >= 15 is 0 Å². The molecule has 0 radical (unpaired) electrons. The summed E-state index contributed by atoms with van der Waals surface area (Å²) in [5, 5.41) is 9.66. The topological polar surface area (TPSA) is 74.9 Å². The van der Waals surface area contributed by atoms with Gasteiger partial charge in [-0.2, -0.15) is 0 Å². The number of imidazole rings is 1. The molecule has 0 aliphatic rings. The summed E-state index contributed by atoms with van der Waals surface area (Å²) in [7, 11) is 0. The minimum atomic E-state index is -0.485. The highest BCUT2D eigenvalue weighted by Gasteiger charge is 2.13. The van der Waals surface area contributed by atoms with Crippen LogP contribution in [0.5, 0.6) is 0 Å². The van der Waals surface area contributed by atoms with Crippen LogP contribution in [-0.4, -0.2) is 21.7 Å². The lowest BCUT2D eigenvalue weighted by molar-refractivity contribution is 0.264. The van der Waals surface area contributed by atoms with Crippen LogP contribution in [0, 0.1) is 6.92 Å². The van der Waals surface area contributed by atoms with Crippen LogP contribution < -0.4 is 5.73 Å². The first-order valence-electron chi connectivity index (χ1n) is 5.30. The molecule has 90 valence electrons. The lowest BCUT2D eigenvalue weighted by atomic mass is 10.1. The Balaban J connectivity index is 2.42. The third-order valence-corrected chi connectivity index (χ3v) is 2.78. The number of aliphatic hydroxyl groups is 1. The van der Waals surface area contributed by atoms with Gasteiger partial charge in [0, 0.05) is 16.3 Å². The fourth-order valence-corrected chi connectivity index (χ4v) is 1.85. The summed E-state index contributed by atoms with van der Waals surface area (Å²) in [6.07, 6.45) is 0. The number of halogens is 1. The van der Waals surface area contributed by atoms with E-state index in [2.05, 4.69) is 9.97 Å². The summed E-state index contributed by atoms with van der Waals surface area (Å²) >= 11 is 5.94. The molecule has 1 unspecified atom stereocenters. The molecule has 2 rings (SSSR count). The van der Waals surface area contributed by atoms with Crippen LogP contribution in [0.4, 0.5) is 0 Å². The van der Waals surface area contributed by atoms with E-state index in [0.29, 0.717) is 10.8 Å². The van der Waals surface area contributed by atoms with Crippen LogP contribution in [0.25, 0.3) is 11.3 Å². The molecule has 4 nitrogen and oxygen atoms in total. The number of nitrogens with two attached hydrogens (primary N) is 1. The first kappa shape index (κ1) is 12.1. The van der Waals surface area contributed by atoms with Crippen LogP contribution in [-0.2, 0) is 0 Å². The molecule has 4 N–H and O–H groups in total. The molecular weight excluding hydrogens is 238 g/mol. The molecule has 1 aromatic carbocycles. The number of hydrogen-bond donors (Lipinski definition) is 3. The maximum atomic E-state index is 9.00. The van der Waals surface area contributed by atoms with Crippen molar-refractivity contribution in [3.63, 3.8) is 0 Å². The standard InChI is InChI=1S/C12H14ClN3O/c1-7-11(8-3-2-4-9(13)5-8)16-12(15-7)10(14)6-17/h2-5,10,17H,6,14H2,1H3,(H,15,16). The Kier molecular flexibility index (Phi) is 3.47. The van der Waals surface area contributed by atoms with Crippen molar-refractivity contribution in [2.75, 3.05) is 6.61 Å². The highest BCUT2D eigenvalue weighted by Crippen LogP contribution is 2.25. The lowest BCUT2D eigenvalue weighted by Gasteiger charge is -2.02. The molecule has 0 saturated carbocycles. The minimum absolute atomic E-state index is 0.137. The number of benzene rings is 1. The molecule has 1 atom stereocenters. The van der Waals surface area contributed by atoms with Gasteiger partial charge in [0.25, 0.3) is 0 Å². The molecule has 5 heteroatoms. The fourth-order valence-electron chi connectivity index (χ4n) is 1.66. The zero-order valence-corrected chi connectivity index (χ0v) is 10.2. The first-order valence-corrected chi connectivity index (χ1v) is 5.68. The van der Waals surface area contributed by atoms with Gasteiger partial charge in [-0.25, -0.2) is 4.98 Å². The van der Waals surface area contributed by atoms with Crippen molar-refractivity contribution in [2.45, 2.75) is 13.0 Å². The predicted octanol–water partition coefficient (Wildman–Crippen LogP) is 2.03. The van der Waals surface area contributed by atoms with Gasteiger partial charge in [-0.05, 0) is 19.1 Å². The monoisotopic (exact) mass is 251 g/mol. The van der Waals surface area contributed by atoms with Crippen molar-refractivity contribution in [1.82, 2.24) is 9.97 Å². The van der Waals surface area contributed by atoms with Gasteiger partial charge in [-0.3, -0.25) is 0 Å². The maximum Gasteiger partial charge on any atom is 0.126 e. The molecule has 0 aliphatic heterocycles. The Morgan fingerprint density at radius 1 is 1.53 bits per heavy atom. The largest absolute Gasteiger partial charge is 0.394 e. The summed E-state index contributed by atoms with van der Waals surface area (Å²) in [5.74, 6) is 0.583. The van der Waals surface area contributed by atoms with E-state index in [0.717, 1.165) is 17.0 Å². The van der Waals surface area contributed by atoms with Crippen LogP contribution in [0.1, 0.15) is 17.6 Å². The third kappa shape index (κ3) is 2.49. The van der Waals surface area contributed by atoms with Gasteiger partial charge >= 0.3 is 0 Å². The fraction of sp³-hybridized carbons (Fsp3) is 0.250. The van der Waals surface area contributed by atoms with Gasteiger partial charge in [-0.1, -0.05) is 23.7 Å². The average molecular weight is 252 g/mol. The Labute approximate surface area is 104 Å². The zero-order chi connectivity index (χ0) is 12.4. The number of nitrogens with one attached hydrogen (secondary N) is 1. The van der Waals surface area contributed by atoms with Gasteiger partial charge in [-0.15, -0.1) is 0 Å². The van der Waals surface area contributed by atoms with Gasteiger partial charge in [0.05, 0.1) is 18.3 Å². The summed E-state index contributed by atoms with van der Waals surface area (Å²) in [4.78, 5) is 7.47. The van der Waals surface area contributed by atoms with Crippen LogP contribution >= 0.6 is 11.6 Å². The second kappa shape index (κ2) is 4.87. The van der Waals surface area contributed by atoms with Crippen molar-refractivity contribution < 1.29 is 5.11 Å². The molecule has 0 bridgehead atoms. The van der Waals surface area contributed by atoms with Gasteiger partial charge in [0.2, 0.25) is 0 Å².